The van der Waals surface area contributed by atoms with E-state index in [4.69, 9.17) is 4.74 Å². The van der Waals surface area contributed by atoms with Crippen LogP contribution in [0, 0.1) is 6.92 Å². The average Bonchev–Trinajstić information content (AvgIpc) is 2.82. The van der Waals surface area contributed by atoms with Crippen LogP contribution in [-0.2, 0) is 17.7 Å². The topological polar surface area (TPSA) is 89.4 Å². The highest BCUT2D eigenvalue weighted by Gasteiger charge is 2.27. The second-order valence-corrected chi connectivity index (χ2v) is 8.76. The number of hydrogen-bond acceptors (Lipinski definition) is 6. The number of alkyl halides is 2. The molecule has 1 aliphatic rings. The van der Waals surface area contributed by atoms with Crippen molar-refractivity contribution in [1.29, 1.82) is 0 Å². The Hall–Kier alpha value is -3.66. The highest BCUT2D eigenvalue weighted by atomic mass is 19.3. The molecule has 8 nitrogen and oxygen atoms in total. The van der Waals surface area contributed by atoms with Gasteiger partial charge in [0.25, 0.3) is 17.4 Å². The summed E-state index contributed by atoms with van der Waals surface area (Å²) in [7, 11) is 1.60. The summed E-state index contributed by atoms with van der Waals surface area (Å²) >= 11 is 0. The number of rotatable bonds is 5. The lowest BCUT2D eigenvalue weighted by molar-refractivity contribution is 0.0127. The number of hydrogen-bond donors (Lipinski definition) is 1. The maximum Gasteiger partial charge on any atom is 0.290 e. The molecule has 0 bridgehead atoms. The summed E-state index contributed by atoms with van der Waals surface area (Å²) in [4.78, 5) is 31.3. The summed E-state index contributed by atoms with van der Waals surface area (Å²) in [6, 6.07) is 9.56. The molecule has 2 aromatic heterocycles. The molecule has 3 aromatic rings. The van der Waals surface area contributed by atoms with E-state index in [-0.39, 0.29) is 17.2 Å². The first-order chi connectivity index (χ1) is 16.5. The van der Waals surface area contributed by atoms with Crippen molar-refractivity contribution in [3.63, 3.8) is 0 Å². The molecule has 0 spiro atoms. The number of amides is 1. The first kappa shape index (κ1) is 24.5. The molecule has 1 N–H and O–H groups in total. The van der Waals surface area contributed by atoms with Crippen LogP contribution in [0.4, 0.5) is 20.2 Å². The Morgan fingerprint density at radius 1 is 1.23 bits per heavy atom. The fourth-order valence-corrected chi connectivity index (χ4v) is 4.01. The van der Waals surface area contributed by atoms with Crippen LogP contribution in [0.3, 0.4) is 0 Å². The summed E-state index contributed by atoms with van der Waals surface area (Å²) in [5.41, 5.74) is 2.60. The molecule has 1 fully saturated rings. The molecule has 35 heavy (non-hydrogen) atoms. The van der Waals surface area contributed by atoms with Gasteiger partial charge in [0, 0.05) is 49.6 Å². The third-order valence-corrected chi connectivity index (χ3v) is 5.96. The Bertz CT molecular complexity index is 1320. The van der Waals surface area contributed by atoms with Crippen LogP contribution in [0.5, 0.6) is 0 Å². The zero-order valence-corrected chi connectivity index (χ0v) is 20.0. The lowest BCUT2D eigenvalue weighted by atomic mass is 10.0. The molecule has 0 radical (unpaired) electrons. The van der Waals surface area contributed by atoms with Gasteiger partial charge in [-0.05, 0) is 49.7 Å². The van der Waals surface area contributed by atoms with Crippen molar-refractivity contribution in [3.05, 3.63) is 69.8 Å². The second kappa shape index (κ2) is 9.53. The van der Waals surface area contributed by atoms with Gasteiger partial charge in [0.1, 0.15) is 11.4 Å². The Labute approximate surface area is 201 Å². The van der Waals surface area contributed by atoms with Gasteiger partial charge in [-0.2, -0.15) is 13.9 Å². The third kappa shape index (κ3) is 5.22. The number of anilines is 2. The van der Waals surface area contributed by atoms with Crippen LogP contribution >= 0.6 is 0 Å². The number of nitrogens with zero attached hydrogens (tertiary/aromatic N) is 4. The molecular weight excluding hydrogens is 456 g/mol. The van der Waals surface area contributed by atoms with Crippen LogP contribution in [0.1, 0.15) is 35.5 Å². The van der Waals surface area contributed by atoms with Gasteiger partial charge in [-0.3, -0.25) is 14.6 Å². The second-order valence-electron chi connectivity index (χ2n) is 8.76. The minimum absolute atomic E-state index is 0.0409. The smallest absolute Gasteiger partial charge is 0.290 e. The van der Waals surface area contributed by atoms with Gasteiger partial charge < -0.3 is 15.0 Å². The molecular formula is C25H27F2N5O3. The van der Waals surface area contributed by atoms with Crippen molar-refractivity contribution in [3.8, 4) is 11.3 Å². The third-order valence-electron chi connectivity index (χ3n) is 5.96. The van der Waals surface area contributed by atoms with Gasteiger partial charge in [0.15, 0.2) is 0 Å². The van der Waals surface area contributed by atoms with Crippen molar-refractivity contribution < 1.29 is 18.3 Å². The van der Waals surface area contributed by atoms with Gasteiger partial charge in [-0.1, -0.05) is 6.07 Å². The molecule has 0 saturated carbocycles. The zero-order chi connectivity index (χ0) is 25.3. The van der Waals surface area contributed by atoms with E-state index in [0.29, 0.717) is 36.8 Å². The molecule has 10 heteroatoms. The van der Waals surface area contributed by atoms with Gasteiger partial charge in [-0.15, -0.1) is 0 Å². The summed E-state index contributed by atoms with van der Waals surface area (Å²) in [5.74, 6) is -3.69. The fraction of sp³-hybridized carbons (Fsp3) is 0.360. The normalized spacial score (nSPS) is 16.3. The Kier molecular flexibility index (Phi) is 6.66. The number of pyridine rings is 1. The van der Waals surface area contributed by atoms with Gasteiger partial charge >= 0.3 is 0 Å². The number of halogens is 2. The van der Waals surface area contributed by atoms with E-state index < -0.39 is 17.5 Å². The molecule has 1 aromatic carbocycles. The molecule has 3 heterocycles. The van der Waals surface area contributed by atoms with Crippen molar-refractivity contribution in [2.75, 3.05) is 30.0 Å². The lowest BCUT2D eigenvalue weighted by Gasteiger charge is -2.34. The molecule has 1 saturated heterocycles. The maximum atomic E-state index is 13.6. The quantitative estimate of drug-likeness (QED) is 0.595. The number of benzene rings is 1. The lowest BCUT2D eigenvalue weighted by Crippen LogP contribution is -2.46. The van der Waals surface area contributed by atoms with Gasteiger partial charge in [-0.25, -0.2) is 4.68 Å². The summed E-state index contributed by atoms with van der Waals surface area (Å²) in [6.45, 7) is 6.30. The molecule has 1 atom stereocenters. The number of carbonyl (C=O) groups excluding carboxylic acids is 1. The van der Waals surface area contributed by atoms with Gasteiger partial charge in [0.2, 0.25) is 0 Å². The number of morpholine rings is 1. The highest BCUT2D eigenvalue weighted by molar-refractivity contribution is 6.04. The summed E-state index contributed by atoms with van der Waals surface area (Å²) in [6.07, 6.45) is 1.19. The van der Waals surface area contributed by atoms with Crippen LogP contribution in [0.2, 0.25) is 0 Å². The van der Waals surface area contributed by atoms with E-state index in [1.165, 1.54) is 16.9 Å². The first-order valence-corrected chi connectivity index (χ1v) is 11.2. The van der Waals surface area contributed by atoms with Crippen LogP contribution < -0.4 is 15.8 Å². The predicted molar refractivity (Wildman–Crippen MR) is 129 cm³/mol. The Morgan fingerprint density at radius 3 is 2.71 bits per heavy atom. The molecule has 4 rings (SSSR count). The van der Waals surface area contributed by atoms with Crippen molar-refractivity contribution in [2.45, 2.75) is 32.7 Å². The van der Waals surface area contributed by atoms with E-state index in [1.54, 1.807) is 25.2 Å². The number of carbonyl (C=O) groups is 1. The largest absolute Gasteiger partial charge is 0.377 e. The summed E-state index contributed by atoms with van der Waals surface area (Å²) < 4.78 is 34.1. The maximum absolute atomic E-state index is 13.6. The molecule has 1 amide bonds. The number of nitrogens with one attached hydrogen (secondary N) is 1. The van der Waals surface area contributed by atoms with Crippen molar-refractivity contribution >= 4 is 17.3 Å². The van der Waals surface area contributed by atoms with E-state index in [9.17, 15) is 18.4 Å². The average molecular weight is 484 g/mol. The standard InChI is InChI=1S/C25H27F2N5O3/c1-15-5-6-18(29-23(33)17-7-8-28-22(11-17)25(3,26)27)12-19(15)20-13-21(24(34)31(4)30-20)32-9-10-35-14-16(32)2/h5-8,11-13,16H,9-10,14H2,1-4H3,(H,29,33). The number of ether oxygens (including phenoxy) is 1. The van der Waals surface area contributed by atoms with Crippen molar-refractivity contribution in [1.82, 2.24) is 14.8 Å². The summed E-state index contributed by atoms with van der Waals surface area (Å²) in [5, 5.41) is 7.19. The predicted octanol–water partition coefficient (Wildman–Crippen LogP) is 3.74. The van der Waals surface area contributed by atoms with Crippen LogP contribution in [-0.4, -0.2) is 46.5 Å². The molecule has 184 valence electrons. The van der Waals surface area contributed by atoms with Gasteiger partial charge in [0.05, 0.1) is 18.9 Å². The van der Waals surface area contributed by atoms with Crippen LogP contribution in [0.25, 0.3) is 11.3 Å². The van der Waals surface area contributed by atoms with E-state index in [1.807, 2.05) is 24.8 Å². The molecule has 1 unspecified atom stereocenters. The SMILES string of the molecule is Cc1ccc(NC(=O)c2ccnc(C(C)(F)F)c2)cc1-c1cc(N2CCOCC2C)c(=O)n(C)n1. The minimum Gasteiger partial charge on any atom is -0.377 e. The number of aromatic nitrogens is 3. The fourth-order valence-electron chi connectivity index (χ4n) is 4.01. The van der Waals surface area contributed by atoms with Crippen LogP contribution in [0.15, 0.2) is 47.4 Å². The monoisotopic (exact) mass is 483 g/mol. The Balaban J connectivity index is 1.66. The van der Waals surface area contributed by atoms with E-state index in [2.05, 4.69) is 15.4 Å². The zero-order valence-electron chi connectivity index (χ0n) is 20.0. The molecule has 0 aliphatic carbocycles. The first-order valence-electron chi connectivity index (χ1n) is 11.2. The van der Waals surface area contributed by atoms with Crippen molar-refractivity contribution in [2.24, 2.45) is 7.05 Å². The molecule has 1 aliphatic heterocycles. The van der Waals surface area contributed by atoms with E-state index in [0.717, 1.165) is 24.1 Å². The number of aryl methyl sites for hydroxylation is 2. The Morgan fingerprint density at radius 2 is 2.00 bits per heavy atom. The minimum atomic E-state index is -3.15. The van der Waals surface area contributed by atoms with E-state index >= 15 is 0 Å². The highest BCUT2D eigenvalue weighted by Crippen LogP contribution is 2.29.